The summed E-state index contributed by atoms with van der Waals surface area (Å²) in [5, 5.41) is 6.28. The van der Waals surface area contributed by atoms with Gasteiger partial charge in [-0.1, -0.05) is 6.92 Å². The first kappa shape index (κ1) is 12.9. The Morgan fingerprint density at radius 2 is 2.22 bits per heavy atom. The summed E-state index contributed by atoms with van der Waals surface area (Å²) in [5.74, 6) is 0.718. The van der Waals surface area contributed by atoms with Gasteiger partial charge in [-0.2, -0.15) is 0 Å². The lowest BCUT2D eigenvalue weighted by atomic mass is 9.82. The molecule has 18 heavy (non-hydrogen) atoms. The standard InChI is InChI=1S/C14H21N3O/c1-4-15-13-7-10(3)16-8-12(13)14(18)17-11-5-9(2)6-11/h7-9,11H,4-6H2,1-3H3,(H,15,16)(H,17,18). The maximum atomic E-state index is 12.2. The van der Waals surface area contributed by atoms with Crippen molar-refractivity contribution in [2.45, 2.75) is 39.7 Å². The first-order valence-corrected chi connectivity index (χ1v) is 6.61. The van der Waals surface area contributed by atoms with Gasteiger partial charge in [0, 0.05) is 24.5 Å². The number of nitrogens with zero attached hydrogens (tertiary/aromatic N) is 1. The molecule has 1 aromatic heterocycles. The SMILES string of the molecule is CCNc1cc(C)ncc1C(=O)NC1CC(C)C1. The van der Waals surface area contributed by atoms with E-state index in [1.165, 1.54) is 0 Å². The highest BCUT2D eigenvalue weighted by Crippen LogP contribution is 2.27. The van der Waals surface area contributed by atoms with Crippen LogP contribution < -0.4 is 10.6 Å². The fourth-order valence-electron chi connectivity index (χ4n) is 2.36. The smallest absolute Gasteiger partial charge is 0.255 e. The van der Waals surface area contributed by atoms with Gasteiger partial charge >= 0.3 is 0 Å². The van der Waals surface area contributed by atoms with Gasteiger partial charge in [0.05, 0.1) is 11.3 Å². The summed E-state index contributed by atoms with van der Waals surface area (Å²) in [4.78, 5) is 16.4. The number of aryl methyl sites for hydroxylation is 1. The summed E-state index contributed by atoms with van der Waals surface area (Å²) in [6.07, 6.45) is 3.83. The van der Waals surface area contributed by atoms with E-state index < -0.39 is 0 Å². The molecule has 2 N–H and O–H groups in total. The number of aromatic nitrogens is 1. The maximum absolute atomic E-state index is 12.2. The van der Waals surface area contributed by atoms with E-state index in [-0.39, 0.29) is 5.91 Å². The van der Waals surface area contributed by atoms with Gasteiger partial charge in [0.2, 0.25) is 0 Å². The van der Waals surface area contributed by atoms with E-state index in [0.717, 1.165) is 36.7 Å². The van der Waals surface area contributed by atoms with Crippen molar-refractivity contribution < 1.29 is 4.79 Å². The minimum Gasteiger partial charge on any atom is -0.385 e. The molecule has 1 fully saturated rings. The Kier molecular flexibility index (Phi) is 3.84. The Morgan fingerprint density at radius 1 is 1.50 bits per heavy atom. The molecule has 2 rings (SSSR count). The van der Waals surface area contributed by atoms with Crippen LogP contribution in [0.2, 0.25) is 0 Å². The molecule has 1 aromatic rings. The van der Waals surface area contributed by atoms with Crippen molar-refractivity contribution in [3.05, 3.63) is 23.5 Å². The van der Waals surface area contributed by atoms with Crippen LogP contribution in [-0.2, 0) is 0 Å². The zero-order valence-corrected chi connectivity index (χ0v) is 11.3. The molecule has 1 heterocycles. The maximum Gasteiger partial charge on any atom is 0.255 e. The fourth-order valence-corrected chi connectivity index (χ4v) is 2.36. The van der Waals surface area contributed by atoms with Crippen molar-refractivity contribution >= 4 is 11.6 Å². The quantitative estimate of drug-likeness (QED) is 0.858. The topological polar surface area (TPSA) is 54.0 Å². The first-order valence-electron chi connectivity index (χ1n) is 6.61. The van der Waals surface area contributed by atoms with E-state index in [9.17, 15) is 4.79 Å². The summed E-state index contributed by atoms with van der Waals surface area (Å²) in [6.45, 7) is 6.95. The van der Waals surface area contributed by atoms with Crippen LogP contribution in [0.4, 0.5) is 5.69 Å². The van der Waals surface area contributed by atoms with E-state index in [4.69, 9.17) is 0 Å². The molecule has 0 bridgehead atoms. The first-order chi connectivity index (χ1) is 8.60. The zero-order chi connectivity index (χ0) is 13.1. The van der Waals surface area contributed by atoms with E-state index >= 15 is 0 Å². The minimum atomic E-state index is -0.0182. The number of amides is 1. The van der Waals surface area contributed by atoms with Crippen LogP contribution in [0.25, 0.3) is 0 Å². The van der Waals surface area contributed by atoms with Gasteiger partial charge in [-0.25, -0.2) is 0 Å². The molecular weight excluding hydrogens is 226 g/mol. The average Bonchev–Trinajstić information content (AvgIpc) is 2.27. The van der Waals surface area contributed by atoms with Gasteiger partial charge in [0.1, 0.15) is 0 Å². The van der Waals surface area contributed by atoms with Crippen molar-refractivity contribution in [2.75, 3.05) is 11.9 Å². The monoisotopic (exact) mass is 247 g/mol. The van der Waals surface area contributed by atoms with E-state index in [0.29, 0.717) is 11.6 Å². The van der Waals surface area contributed by atoms with Gasteiger partial charge in [-0.05, 0) is 38.7 Å². The van der Waals surface area contributed by atoms with Crippen LogP contribution in [0.1, 0.15) is 42.7 Å². The third-order valence-electron chi connectivity index (χ3n) is 3.36. The highest BCUT2D eigenvalue weighted by Gasteiger charge is 2.27. The molecule has 1 aliphatic carbocycles. The molecule has 0 unspecified atom stereocenters. The molecule has 0 radical (unpaired) electrons. The second kappa shape index (κ2) is 5.38. The van der Waals surface area contributed by atoms with Crippen LogP contribution >= 0.6 is 0 Å². The van der Waals surface area contributed by atoms with Gasteiger partial charge in [0.15, 0.2) is 0 Å². The molecule has 1 aliphatic rings. The Hall–Kier alpha value is -1.58. The van der Waals surface area contributed by atoms with Crippen molar-refractivity contribution in [3.8, 4) is 0 Å². The molecule has 4 nitrogen and oxygen atoms in total. The summed E-state index contributed by atoms with van der Waals surface area (Å²) < 4.78 is 0. The van der Waals surface area contributed by atoms with Crippen LogP contribution in [-0.4, -0.2) is 23.5 Å². The number of pyridine rings is 1. The van der Waals surface area contributed by atoms with Crippen LogP contribution in [0.15, 0.2) is 12.3 Å². The van der Waals surface area contributed by atoms with Crippen molar-refractivity contribution in [2.24, 2.45) is 5.92 Å². The molecule has 0 spiro atoms. The fraction of sp³-hybridized carbons (Fsp3) is 0.571. The zero-order valence-electron chi connectivity index (χ0n) is 11.3. The van der Waals surface area contributed by atoms with Gasteiger partial charge in [-0.15, -0.1) is 0 Å². The van der Waals surface area contributed by atoms with E-state index in [1.807, 2.05) is 19.9 Å². The Morgan fingerprint density at radius 3 is 2.83 bits per heavy atom. The molecule has 0 aromatic carbocycles. The molecule has 4 heteroatoms. The summed E-state index contributed by atoms with van der Waals surface area (Å²) >= 11 is 0. The lowest BCUT2D eigenvalue weighted by Gasteiger charge is -2.33. The number of anilines is 1. The molecule has 1 saturated carbocycles. The van der Waals surface area contributed by atoms with E-state index in [1.54, 1.807) is 6.20 Å². The summed E-state index contributed by atoms with van der Waals surface area (Å²) in [7, 11) is 0. The molecule has 0 aliphatic heterocycles. The van der Waals surface area contributed by atoms with E-state index in [2.05, 4.69) is 22.5 Å². The van der Waals surface area contributed by atoms with Crippen molar-refractivity contribution in [1.29, 1.82) is 0 Å². The second-order valence-corrected chi connectivity index (χ2v) is 5.15. The van der Waals surface area contributed by atoms with Crippen molar-refractivity contribution in [3.63, 3.8) is 0 Å². The number of nitrogens with one attached hydrogen (secondary N) is 2. The molecule has 98 valence electrons. The molecule has 0 atom stereocenters. The van der Waals surface area contributed by atoms with Crippen molar-refractivity contribution in [1.82, 2.24) is 10.3 Å². The molecule has 0 saturated heterocycles. The normalized spacial score (nSPS) is 22.2. The van der Waals surface area contributed by atoms with Gasteiger partial charge in [-0.3, -0.25) is 9.78 Å². The van der Waals surface area contributed by atoms with Crippen LogP contribution in [0.5, 0.6) is 0 Å². The third-order valence-corrected chi connectivity index (χ3v) is 3.36. The second-order valence-electron chi connectivity index (χ2n) is 5.15. The third kappa shape index (κ3) is 2.81. The number of hydrogen-bond acceptors (Lipinski definition) is 3. The largest absolute Gasteiger partial charge is 0.385 e. The highest BCUT2D eigenvalue weighted by molar-refractivity contribution is 5.99. The minimum absolute atomic E-state index is 0.0182. The predicted octanol–water partition coefficient (Wildman–Crippen LogP) is 2.35. The Bertz CT molecular complexity index is 439. The Balaban J connectivity index is 2.08. The predicted molar refractivity (Wildman–Crippen MR) is 72.8 cm³/mol. The summed E-state index contributed by atoms with van der Waals surface area (Å²) in [6, 6.07) is 2.25. The number of carbonyl (C=O) groups is 1. The summed E-state index contributed by atoms with van der Waals surface area (Å²) in [5.41, 5.74) is 2.43. The molecular formula is C14H21N3O. The average molecular weight is 247 g/mol. The number of hydrogen-bond donors (Lipinski definition) is 2. The highest BCUT2D eigenvalue weighted by atomic mass is 16.1. The Labute approximate surface area is 108 Å². The van der Waals surface area contributed by atoms with Gasteiger partial charge < -0.3 is 10.6 Å². The van der Waals surface area contributed by atoms with Crippen LogP contribution in [0.3, 0.4) is 0 Å². The lowest BCUT2D eigenvalue weighted by Crippen LogP contribution is -2.43. The lowest BCUT2D eigenvalue weighted by molar-refractivity contribution is 0.0896. The van der Waals surface area contributed by atoms with Crippen LogP contribution in [0, 0.1) is 12.8 Å². The van der Waals surface area contributed by atoms with Gasteiger partial charge in [0.25, 0.3) is 5.91 Å². The molecule has 1 amide bonds. The number of carbonyl (C=O) groups excluding carboxylic acids is 1. The number of rotatable bonds is 4.